The highest BCUT2D eigenvalue weighted by Crippen LogP contribution is 2.32. The molecular formula is C15H17FN2O2. The number of hydrogen-bond donors (Lipinski definition) is 1. The summed E-state index contributed by atoms with van der Waals surface area (Å²) in [6.07, 6.45) is 2.78. The molecule has 1 unspecified atom stereocenters. The quantitative estimate of drug-likeness (QED) is 0.911. The van der Waals surface area contributed by atoms with E-state index in [9.17, 15) is 4.39 Å². The summed E-state index contributed by atoms with van der Waals surface area (Å²) in [6, 6.07) is 6.89. The van der Waals surface area contributed by atoms with E-state index in [0.29, 0.717) is 17.1 Å². The fourth-order valence-corrected chi connectivity index (χ4v) is 2.15. The van der Waals surface area contributed by atoms with Crippen LogP contribution < -0.4 is 14.8 Å². The van der Waals surface area contributed by atoms with Crippen LogP contribution in [-0.4, -0.2) is 26.3 Å². The summed E-state index contributed by atoms with van der Waals surface area (Å²) >= 11 is 0. The van der Waals surface area contributed by atoms with Crippen LogP contribution in [-0.2, 0) is 0 Å². The number of nitrogens with one attached hydrogen (secondary N) is 1. The summed E-state index contributed by atoms with van der Waals surface area (Å²) < 4.78 is 24.4. The lowest BCUT2D eigenvalue weighted by molar-refractivity contribution is 0.354. The van der Waals surface area contributed by atoms with Crippen LogP contribution in [0.1, 0.15) is 17.2 Å². The summed E-state index contributed by atoms with van der Waals surface area (Å²) in [7, 11) is 4.93. The number of benzene rings is 1. The molecule has 0 fully saturated rings. The minimum atomic E-state index is -0.346. The lowest BCUT2D eigenvalue weighted by Crippen LogP contribution is -2.19. The minimum Gasteiger partial charge on any atom is -0.493 e. The summed E-state index contributed by atoms with van der Waals surface area (Å²) in [5.74, 6) is 0.905. The Labute approximate surface area is 117 Å². The third kappa shape index (κ3) is 2.72. The van der Waals surface area contributed by atoms with Crippen LogP contribution in [0.25, 0.3) is 0 Å². The lowest BCUT2D eigenvalue weighted by Gasteiger charge is -2.19. The van der Waals surface area contributed by atoms with Crippen molar-refractivity contribution in [3.63, 3.8) is 0 Å². The van der Waals surface area contributed by atoms with Gasteiger partial charge in [-0.2, -0.15) is 0 Å². The smallest absolute Gasteiger partial charge is 0.161 e. The molecule has 2 aromatic rings. The second-order valence-electron chi connectivity index (χ2n) is 4.23. The van der Waals surface area contributed by atoms with Crippen LogP contribution in [0.2, 0.25) is 0 Å². The van der Waals surface area contributed by atoms with Crippen LogP contribution >= 0.6 is 0 Å². The van der Waals surface area contributed by atoms with Crippen LogP contribution in [0.5, 0.6) is 11.5 Å². The zero-order valence-corrected chi connectivity index (χ0v) is 11.7. The molecule has 1 heterocycles. The highest BCUT2D eigenvalue weighted by Gasteiger charge is 2.17. The lowest BCUT2D eigenvalue weighted by atomic mass is 9.99. The van der Waals surface area contributed by atoms with E-state index in [0.717, 1.165) is 5.56 Å². The summed E-state index contributed by atoms with van der Waals surface area (Å²) in [6.45, 7) is 0. The minimum absolute atomic E-state index is 0.280. The fraction of sp³-hybridized carbons (Fsp3) is 0.267. The molecule has 106 valence electrons. The molecule has 0 spiro atoms. The third-order valence-electron chi connectivity index (χ3n) is 3.14. The second-order valence-corrected chi connectivity index (χ2v) is 4.23. The maximum absolute atomic E-state index is 13.9. The first kappa shape index (κ1) is 14.3. The molecule has 0 radical (unpaired) electrons. The molecule has 0 bridgehead atoms. The number of ether oxygens (including phenoxy) is 2. The van der Waals surface area contributed by atoms with Gasteiger partial charge in [-0.25, -0.2) is 4.39 Å². The molecule has 5 heteroatoms. The molecule has 20 heavy (non-hydrogen) atoms. The molecule has 4 nitrogen and oxygen atoms in total. The zero-order valence-electron chi connectivity index (χ0n) is 11.7. The number of pyridine rings is 1. The Morgan fingerprint density at radius 1 is 1.15 bits per heavy atom. The van der Waals surface area contributed by atoms with Crippen molar-refractivity contribution >= 4 is 0 Å². The maximum atomic E-state index is 13.9. The van der Waals surface area contributed by atoms with Gasteiger partial charge in [-0.3, -0.25) is 4.98 Å². The van der Waals surface area contributed by atoms with Crippen LogP contribution in [0.4, 0.5) is 4.39 Å². The van der Waals surface area contributed by atoms with Gasteiger partial charge in [0.05, 0.1) is 26.5 Å². The molecule has 2 rings (SSSR count). The maximum Gasteiger partial charge on any atom is 0.161 e. The highest BCUT2D eigenvalue weighted by molar-refractivity contribution is 5.45. The number of hydrogen-bond acceptors (Lipinski definition) is 4. The van der Waals surface area contributed by atoms with Gasteiger partial charge in [0.1, 0.15) is 5.82 Å². The summed E-state index contributed by atoms with van der Waals surface area (Å²) in [4.78, 5) is 3.77. The molecule has 0 aliphatic heterocycles. The van der Waals surface area contributed by atoms with Gasteiger partial charge in [0, 0.05) is 11.8 Å². The largest absolute Gasteiger partial charge is 0.493 e. The van der Waals surface area contributed by atoms with Gasteiger partial charge in [-0.05, 0) is 30.8 Å². The van der Waals surface area contributed by atoms with E-state index >= 15 is 0 Å². The van der Waals surface area contributed by atoms with E-state index in [2.05, 4.69) is 10.3 Å². The Bertz CT molecular complexity index is 590. The molecule has 1 aromatic heterocycles. The third-order valence-corrected chi connectivity index (χ3v) is 3.14. The first-order chi connectivity index (χ1) is 9.71. The first-order valence-corrected chi connectivity index (χ1v) is 6.19. The Hall–Kier alpha value is -2.14. The predicted molar refractivity (Wildman–Crippen MR) is 74.6 cm³/mol. The number of nitrogens with zero attached hydrogens (tertiary/aromatic N) is 1. The van der Waals surface area contributed by atoms with Gasteiger partial charge in [0.15, 0.2) is 11.5 Å². The average Bonchev–Trinajstić information content (AvgIpc) is 2.49. The Kier molecular flexibility index (Phi) is 4.53. The Morgan fingerprint density at radius 2 is 1.90 bits per heavy atom. The SMILES string of the molecule is CNC(c1ccc(OC)c(OC)c1)c1ccncc1F. The van der Waals surface area contributed by atoms with Gasteiger partial charge in [0.25, 0.3) is 0 Å². The van der Waals surface area contributed by atoms with Crippen molar-refractivity contribution in [2.24, 2.45) is 0 Å². The molecule has 0 aliphatic rings. The van der Waals surface area contributed by atoms with Crippen molar-refractivity contribution in [1.29, 1.82) is 0 Å². The van der Waals surface area contributed by atoms with E-state index in [1.165, 1.54) is 6.20 Å². The molecular weight excluding hydrogens is 259 g/mol. The first-order valence-electron chi connectivity index (χ1n) is 6.19. The molecule has 0 saturated carbocycles. The van der Waals surface area contributed by atoms with E-state index in [4.69, 9.17) is 9.47 Å². The fourth-order valence-electron chi connectivity index (χ4n) is 2.15. The van der Waals surface area contributed by atoms with Crippen molar-refractivity contribution in [3.05, 3.63) is 53.6 Å². The predicted octanol–water partition coefficient (Wildman–Crippen LogP) is 2.55. The van der Waals surface area contributed by atoms with Crippen molar-refractivity contribution in [2.75, 3.05) is 21.3 Å². The van der Waals surface area contributed by atoms with Crippen molar-refractivity contribution in [2.45, 2.75) is 6.04 Å². The van der Waals surface area contributed by atoms with E-state index in [-0.39, 0.29) is 11.9 Å². The van der Waals surface area contributed by atoms with Gasteiger partial charge in [0.2, 0.25) is 0 Å². The van der Waals surface area contributed by atoms with Gasteiger partial charge in [-0.15, -0.1) is 0 Å². The molecule has 1 atom stereocenters. The number of aromatic nitrogens is 1. The molecule has 1 N–H and O–H groups in total. The monoisotopic (exact) mass is 276 g/mol. The topological polar surface area (TPSA) is 43.4 Å². The van der Waals surface area contributed by atoms with Gasteiger partial charge in [-0.1, -0.05) is 6.07 Å². The number of methoxy groups -OCH3 is 2. The zero-order chi connectivity index (χ0) is 14.5. The van der Waals surface area contributed by atoms with Crippen molar-refractivity contribution in [1.82, 2.24) is 10.3 Å². The second kappa shape index (κ2) is 6.34. The molecule has 0 amide bonds. The highest BCUT2D eigenvalue weighted by atomic mass is 19.1. The van der Waals surface area contributed by atoms with E-state index in [1.807, 2.05) is 12.1 Å². The molecule has 0 aliphatic carbocycles. The Balaban J connectivity index is 2.45. The normalized spacial score (nSPS) is 12.0. The summed E-state index contributed by atoms with van der Waals surface area (Å²) in [5, 5.41) is 3.10. The number of halogens is 1. The van der Waals surface area contributed by atoms with Crippen LogP contribution in [0, 0.1) is 5.82 Å². The number of rotatable bonds is 5. The van der Waals surface area contributed by atoms with Crippen LogP contribution in [0.3, 0.4) is 0 Å². The van der Waals surface area contributed by atoms with E-state index in [1.54, 1.807) is 39.6 Å². The standard InChI is InChI=1S/C15H17FN2O2/c1-17-15(11-6-7-18-9-12(11)16)10-4-5-13(19-2)14(8-10)20-3/h4-9,15,17H,1-3H3. The Morgan fingerprint density at radius 3 is 2.50 bits per heavy atom. The van der Waals surface area contributed by atoms with Crippen molar-refractivity contribution < 1.29 is 13.9 Å². The average molecular weight is 276 g/mol. The van der Waals surface area contributed by atoms with E-state index < -0.39 is 0 Å². The van der Waals surface area contributed by atoms with Crippen LogP contribution in [0.15, 0.2) is 36.7 Å². The summed E-state index contributed by atoms with van der Waals surface area (Å²) in [5.41, 5.74) is 1.42. The van der Waals surface area contributed by atoms with Gasteiger partial charge >= 0.3 is 0 Å². The van der Waals surface area contributed by atoms with Gasteiger partial charge < -0.3 is 14.8 Å². The molecule has 1 aromatic carbocycles. The molecule has 0 saturated heterocycles. The van der Waals surface area contributed by atoms with Crippen molar-refractivity contribution in [3.8, 4) is 11.5 Å².